The van der Waals surface area contributed by atoms with Gasteiger partial charge in [-0.3, -0.25) is 4.79 Å². The van der Waals surface area contributed by atoms with E-state index in [4.69, 9.17) is 0 Å². The molecular formula is C18H24N4O. The van der Waals surface area contributed by atoms with Crippen molar-refractivity contribution in [1.82, 2.24) is 15.3 Å². The third-order valence-corrected chi connectivity index (χ3v) is 3.59. The summed E-state index contributed by atoms with van der Waals surface area (Å²) >= 11 is 0. The first-order chi connectivity index (χ1) is 11.2. The second kappa shape index (κ2) is 8.27. The van der Waals surface area contributed by atoms with E-state index < -0.39 is 0 Å². The first-order valence-corrected chi connectivity index (χ1v) is 8.10. The molecule has 0 saturated heterocycles. The van der Waals surface area contributed by atoms with Crippen LogP contribution in [0.2, 0.25) is 0 Å². The van der Waals surface area contributed by atoms with Crippen LogP contribution in [0.5, 0.6) is 0 Å². The number of carbonyl (C=O) groups excluding carboxylic acids is 1. The minimum Gasteiger partial charge on any atom is -0.352 e. The van der Waals surface area contributed by atoms with E-state index in [9.17, 15) is 4.79 Å². The maximum absolute atomic E-state index is 12.0. The highest BCUT2D eigenvalue weighted by Gasteiger charge is 2.12. The third kappa shape index (κ3) is 4.52. The van der Waals surface area contributed by atoms with E-state index >= 15 is 0 Å². The highest BCUT2D eigenvalue weighted by molar-refractivity contribution is 5.93. The van der Waals surface area contributed by atoms with Gasteiger partial charge >= 0.3 is 0 Å². The summed E-state index contributed by atoms with van der Waals surface area (Å²) in [7, 11) is 0. The van der Waals surface area contributed by atoms with E-state index in [0.29, 0.717) is 18.1 Å². The topological polar surface area (TPSA) is 58.1 Å². The Hall–Kier alpha value is -2.43. The normalized spacial score (nSPS) is 10.4. The molecule has 1 heterocycles. The number of benzene rings is 1. The predicted octanol–water partition coefficient (Wildman–Crippen LogP) is 3.47. The summed E-state index contributed by atoms with van der Waals surface area (Å²) in [4.78, 5) is 22.7. The Labute approximate surface area is 137 Å². The molecule has 0 spiro atoms. The lowest BCUT2D eigenvalue weighted by Crippen LogP contribution is -2.25. The molecule has 122 valence electrons. The van der Waals surface area contributed by atoms with Gasteiger partial charge in [-0.15, -0.1) is 0 Å². The zero-order valence-electron chi connectivity index (χ0n) is 14.0. The number of unbranched alkanes of at least 4 members (excludes halogenated alkanes) is 1. The smallest absolute Gasteiger partial charge is 0.254 e. The van der Waals surface area contributed by atoms with Crippen molar-refractivity contribution < 1.29 is 4.79 Å². The summed E-state index contributed by atoms with van der Waals surface area (Å²) in [6.45, 7) is 7.64. The van der Waals surface area contributed by atoms with Crippen LogP contribution in [0.3, 0.4) is 0 Å². The van der Waals surface area contributed by atoms with Crippen molar-refractivity contribution in [3.05, 3.63) is 47.8 Å². The van der Waals surface area contributed by atoms with Crippen LogP contribution < -0.4 is 10.2 Å². The minimum absolute atomic E-state index is 0.122. The lowest BCUT2D eigenvalue weighted by Gasteiger charge is -2.21. The lowest BCUT2D eigenvalue weighted by molar-refractivity contribution is 0.0952. The molecule has 0 saturated carbocycles. The molecule has 0 fully saturated rings. The first-order valence-electron chi connectivity index (χ1n) is 8.10. The molecule has 0 aliphatic heterocycles. The van der Waals surface area contributed by atoms with Crippen molar-refractivity contribution in [2.45, 2.75) is 33.6 Å². The highest BCUT2D eigenvalue weighted by atomic mass is 16.1. The van der Waals surface area contributed by atoms with Gasteiger partial charge in [0.25, 0.3) is 5.91 Å². The van der Waals surface area contributed by atoms with Gasteiger partial charge in [-0.05, 0) is 38.0 Å². The molecule has 23 heavy (non-hydrogen) atoms. The molecule has 0 aliphatic carbocycles. The Morgan fingerprint density at radius 1 is 1.22 bits per heavy atom. The van der Waals surface area contributed by atoms with E-state index in [1.165, 1.54) is 5.56 Å². The average Bonchev–Trinajstić information content (AvgIpc) is 2.56. The van der Waals surface area contributed by atoms with Gasteiger partial charge in [0.05, 0.1) is 5.56 Å². The van der Waals surface area contributed by atoms with Crippen LogP contribution in [0.15, 0.2) is 36.7 Å². The predicted molar refractivity (Wildman–Crippen MR) is 93.1 cm³/mol. The number of anilines is 2. The van der Waals surface area contributed by atoms with Crippen molar-refractivity contribution >= 4 is 17.5 Å². The van der Waals surface area contributed by atoms with Crippen LogP contribution in [0.4, 0.5) is 11.6 Å². The molecule has 2 aromatic rings. The summed E-state index contributed by atoms with van der Waals surface area (Å²) in [6, 6.07) is 8.20. The second-order valence-corrected chi connectivity index (χ2v) is 5.46. The Kier molecular flexibility index (Phi) is 6.09. The van der Waals surface area contributed by atoms with Crippen molar-refractivity contribution in [1.29, 1.82) is 0 Å². The van der Waals surface area contributed by atoms with Gasteiger partial charge in [0.1, 0.15) is 0 Å². The quantitative estimate of drug-likeness (QED) is 0.795. The summed E-state index contributed by atoms with van der Waals surface area (Å²) in [5.41, 5.74) is 2.73. The van der Waals surface area contributed by atoms with Crippen molar-refractivity contribution in [3.8, 4) is 0 Å². The third-order valence-electron chi connectivity index (χ3n) is 3.59. The van der Waals surface area contributed by atoms with Crippen molar-refractivity contribution in [2.75, 3.05) is 18.0 Å². The van der Waals surface area contributed by atoms with E-state index in [-0.39, 0.29) is 5.91 Å². The number of nitrogens with zero attached hydrogens (tertiary/aromatic N) is 3. The Morgan fingerprint density at radius 2 is 1.96 bits per heavy atom. The lowest BCUT2D eigenvalue weighted by atomic mass is 10.2. The minimum atomic E-state index is -0.122. The first kappa shape index (κ1) is 16.9. The fourth-order valence-electron chi connectivity index (χ4n) is 2.29. The van der Waals surface area contributed by atoms with Gasteiger partial charge in [-0.25, -0.2) is 9.97 Å². The molecule has 0 radical (unpaired) electrons. The number of amides is 1. The standard InChI is InChI=1S/C18H24N4O/c1-4-6-10-19-17(23)15-12-20-18(21-13-15)22(5-2)16-9-7-8-14(3)11-16/h7-9,11-13H,4-6,10H2,1-3H3,(H,19,23). The number of hydrogen-bond donors (Lipinski definition) is 1. The van der Waals surface area contributed by atoms with Crippen LogP contribution in [0.25, 0.3) is 0 Å². The molecule has 1 aromatic carbocycles. The van der Waals surface area contributed by atoms with E-state index in [0.717, 1.165) is 25.1 Å². The van der Waals surface area contributed by atoms with Crippen LogP contribution in [0.1, 0.15) is 42.6 Å². The van der Waals surface area contributed by atoms with Crippen LogP contribution in [0, 0.1) is 6.92 Å². The van der Waals surface area contributed by atoms with Gasteiger partial charge < -0.3 is 10.2 Å². The summed E-state index contributed by atoms with van der Waals surface area (Å²) < 4.78 is 0. The average molecular weight is 312 g/mol. The van der Waals surface area contributed by atoms with Crippen LogP contribution in [-0.4, -0.2) is 29.0 Å². The monoisotopic (exact) mass is 312 g/mol. The molecule has 1 amide bonds. The van der Waals surface area contributed by atoms with Gasteiger partial charge in [-0.2, -0.15) is 0 Å². The summed E-state index contributed by atoms with van der Waals surface area (Å²) in [5, 5.41) is 2.87. The Morgan fingerprint density at radius 3 is 2.57 bits per heavy atom. The number of rotatable bonds is 7. The molecule has 0 unspecified atom stereocenters. The summed E-state index contributed by atoms with van der Waals surface area (Å²) in [6.07, 6.45) is 5.20. The van der Waals surface area contributed by atoms with Crippen molar-refractivity contribution in [2.24, 2.45) is 0 Å². The van der Waals surface area contributed by atoms with Crippen LogP contribution >= 0.6 is 0 Å². The second-order valence-electron chi connectivity index (χ2n) is 5.46. The van der Waals surface area contributed by atoms with E-state index in [1.807, 2.05) is 17.0 Å². The Balaban J connectivity index is 2.12. The molecule has 2 rings (SSSR count). The van der Waals surface area contributed by atoms with E-state index in [2.05, 4.69) is 48.2 Å². The van der Waals surface area contributed by atoms with Gasteiger partial charge in [0.15, 0.2) is 0 Å². The number of aromatic nitrogens is 2. The summed E-state index contributed by atoms with van der Waals surface area (Å²) in [5.74, 6) is 0.479. The SMILES string of the molecule is CCCCNC(=O)c1cnc(N(CC)c2cccc(C)c2)nc1. The molecule has 0 aliphatic rings. The zero-order chi connectivity index (χ0) is 16.7. The Bertz CT molecular complexity index is 640. The number of carbonyl (C=O) groups is 1. The largest absolute Gasteiger partial charge is 0.352 e. The van der Waals surface area contributed by atoms with Gasteiger partial charge in [0, 0.05) is 31.2 Å². The number of hydrogen-bond acceptors (Lipinski definition) is 4. The van der Waals surface area contributed by atoms with Gasteiger partial charge in [-0.1, -0.05) is 25.5 Å². The number of aryl methyl sites for hydroxylation is 1. The molecule has 1 N–H and O–H groups in total. The molecule has 5 heteroatoms. The molecular weight excluding hydrogens is 288 g/mol. The van der Waals surface area contributed by atoms with E-state index in [1.54, 1.807) is 12.4 Å². The van der Waals surface area contributed by atoms with Crippen LogP contribution in [-0.2, 0) is 0 Å². The zero-order valence-corrected chi connectivity index (χ0v) is 14.0. The highest BCUT2D eigenvalue weighted by Crippen LogP contribution is 2.22. The molecule has 5 nitrogen and oxygen atoms in total. The number of nitrogens with one attached hydrogen (secondary N) is 1. The fourth-order valence-corrected chi connectivity index (χ4v) is 2.29. The molecule has 1 aromatic heterocycles. The van der Waals surface area contributed by atoms with Gasteiger partial charge in [0.2, 0.25) is 5.95 Å². The van der Waals surface area contributed by atoms with Crippen molar-refractivity contribution in [3.63, 3.8) is 0 Å². The molecule has 0 bridgehead atoms. The maximum Gasteiger partial charge on any atom is 0.254 e. The molecule has 0 atom stereocenters. The fraction of sp³-hybridized carbons (Fsp3) is 0.389. The maximum atomic E-state index is 12.0.